The van der Waals surface area contributed by atoms with Crippen molar-refractivity contribution in [3.63, 3.8) is 0 Å². The molecule has 0 bridgehead atoms. The number of rotatable bonds is 6. The van der Waals surface area contributed by atoms with Crippen LogP contribution < -0.4 is 15.4 Å². The van der Waals surface area contributed by atoms with Crippen LogP contribution in [-0.2, 0) is 7.05 Å². The van der Waals surface area contributed by atoms with Crippen LogP contribution in [0.1, 0.15) is 18.5 Å². The van der Waals surface area contributed by atoms with Crippen LogP contribution >= 0.6 is 15.9 Å². The van der Waals surface area contributed by atoms with Crippen molar-refractivity contribution in [3.05, 3.63) is 63.6 Å². The Morgan fingerprint density at radius 1 is 1.21 bits per heavy atom. The first-order valence-electron chi connectivity index (χ1n) is 8.79. The van der Waals surface area contributed by atoms with Gasteiger partial charge in [0, 0.05) is 24.0 Å². The van der Waals surface area contributed by atoms with Crippen molar-refractivity contribution in [1.82, 2.24) is 9.78 Å². The number of ether oxygens (including phenoxy) is 1. The molecule has 2 amide bonds. The van der Waals surface area contributed by atoms with Gasteiger partial charge in [0.05, 0.1) is 23.5 Å². The third-order valence-electron chi connectivity index (χ3n) is 4.39. The third-order valence-corrected chi connectivity index (χ3v) is 4.97. The number of carbonyl (C=O) groups is 1. The highest BCUT2D eigenvalue weighted by Gasteiger charge is 2.15. The van der Waals surface area contributed by atoms with E-state index in [1.807, 2.05) is 13.1 Å². The van der Waals surface area contributed by atoms with Gasteiger partial charge in [-0.3, -0.25) is 4.68 Å². The van der Waals surface area contributed by atoms with Gasteiger partial charge in [-0.25, -0.2) is 4.79 Å². The van der Waals surface area contributed by atoms with Gasteiger partial charge >= 0.3 is 6.03 Å². The van der Waals surface area contributed by atoms with Gasteiger partial charge in [0.1, 0.15) is 11.8 Å². The lowest BCUT2D eigenvalue weighted by atomic mass is 10.1. The van der Waals surface area contributed by atoms with Crippen LogP contribution in [-0.4, -0.2) is 22.9 Å². The minimum absolute atomic E-state index is 0.408. The lowest BCUT2D eigenvalue weighted by Crippen LogP contribution is -2.19. The fourth-order valence-electron chi connectivity index (χ4n) is 2.92. The molecule has 0 aliphatic carbocycles. The van der Waals surface area contributed by atoms with Crippen molar-refractivity contribution in [2.45, 2.75) is 13.0 Å². The Bertz CT molecular complexity index is 1030. The molecule has 1 aromatic heterocycles. The summed E-state index contributed by atoms with van der Waals surface area (Å²) < 4.78 is 7.99. The van der Waals surface area contributed by atoms with E-state index in [-0.39, 0.29) is 0 Å². The van der Waals surface area contributed by atoms with Crippen molar-refractivity contribution >= 4 is 33.3 Å². The highest BCUT2D eigenvalue weighted by Crippen LogP contribution is 2.36. The average molecular weight is 458 g/mol. The van der Waals surface area contributed by atoms with Gasteiger partial charge in [-0.1, -0.05) is 17.3 Å². The van der Waals surface area contributed by atoms with Crippen LogP contribution in [0.25, 0.3) is 11.3 Å². The van der Waals surface area contributed by atoms with Gasteiger partial charge in [-0.05, 0) is 58.7 Å². The van der Waals surface area contributed by atoms with Crippen LogP contribution in [0.3, 0.4) is 0 Å². The maximum absolute atomic E-state index is 12.5. The summed E-state index contributed by atoms with van der Waals surface area (Å²) in [6.45, 7) is 1.70. The molecule has 0 spiro atoms. The highest BCUT2D eigenvalue weighted by atomic mass is 79.9. The highest BCUT2D eigenvalue weighted by molar-refractivity contribution is 9.10. The number of anilines is 2. The number of halogens is 1. The summed E-state index contributed by atoms with van der Waals surface area (Å²) in [5.74, 6) is 0.656. The Balaban J connectivity index is 1.81. The number of hydrogen-bond acceptors (Lipinski definition) is 5. The summed E-state index contributed by atoms with van der Waals surface area (Å²) in [6, 6.07) is 11.5. The summed E-state index contributed by atoms with van der Waals surface area (Å²) in [5, 5.41) is 12.8. The number of methoxy groups -OCH3 is 1. The Morgan fingerprint density at radius 2 is 1.93 bits per heavy atom. The SMILES string of the molecule is COc1ccc(NC(=O)Nc2cccc(C(C)N=O)c2)cc1-c1c(Br)cnn1C. The number of nitrogens with zero attached hydrogens (tertiary/aromatic N) is 3. The number of benzene rings is 2. The van der Waals surface area contributed by atoms with Crippen molar-refractivity contribution in [1.29, 1.82) is 0 Å². The zero-order chi connectivity index (χ0) is 21.0. The second kappa shape index (κ2) is 8.87. The molecule has 8 nitrogen and oxygen atoms in total. The Kier molecular flexibility index (Phi) is 6.28. The molecule has 0 fully saturated rings. The molecule has 2 aromatic carbocycles. The lowest BCUT2D eigenvalue weighted by Gasteiger charge is -2.13. The first kappa shape index (κ1) is 20.5. The molecule has 2 N–H and O–H groups in total. The molecular formula is C20H20BrN5O3. The monoisotopic (exact) mass is 457 g/mol. The molecule has 3 rings (SSSR count). The number of amides is 2. The Labute approximate surface area is 176 Å². The molecule has 1 unspecified atom stereocenters. The molecule has 0 radical (unpaired) electrons. The van der Waals surface area contributed by atoms with Crippen molar-refractivity contribution in [2.24, 2.45) is 12.2 Å². The molecule has 0 aliphatic rings. The van der Waals surface area contributed by atoms with Crippen molar-refractivity contribution in [2.75, 3.05) is 17.7 Å². The van der Waals surface area contributed by atoms with E-state index in [0.717, 1.165) is 21.3 Å². The van der Waals surface area contributed by atoms with Gasteiger partial charge in [-0.2, -0.15) is 10.0 Å². The molecule has 0 aliphatic heterocycles. The van der Waals surface area contributed by atoms with Gasteiger partial charge in [-0.15, -0.1) is 0 Å². The zero-order valence-electron chi connectivity index (χ0n) is 16.1. The summed E-state index contributed by atoms with van der Waals surface area (Å²) >= 11 is 3.49. The van der Waals surface area contributed by atoms with E-state index in [1.165, 1.54) is 0 Å². The van der Waals surface area contributed by atoms with Gasteiger partial charge < -0.3 is 15.4 Å². The second-order valence-corrected chi connectivity index (χ2v) is 7.22. The van der Waals surface area contributed by atoms with Gasteiger partial charge in [0.25, 0.3) is 0 Å². The molecule has 29 heavy (non-hydrogen) atoms. The van der Waals surface area contributed by atoms with Crippen LogP contribution in [0.2, 0.25) is 0 Å². The van der Waals surface area contributed by atoms with E-state index in [1.54, 1.807) is 61.3 Å². The maximum Gasteiger partial charge on any atom is 0.323 e. The van der Waals surface area contributed by atoms with Crippen LogP contribution in [0, 0.1) is 4.91 Å². The van der Waals surface area contributed by atoms with E-state index >= 15 is 0 Å². The lowest BCUT2D eigenvalue weighted by molar-refractivity contribution is 0.262. The summed E-state index contributed by atoms with van der Waals surface area (Å²) in [6.07, 6.45) is 1.70. The van der Waals surface area contributed by atoms with Gasteiger partial charge in [0.2, 0.25) is 0 Å². The second-order valence-electron chi connectivity index (χ2n) is 6.37. The standard InChI is InChI=1S/C20H20BrN5O3/c1-12(25-28)13-5-4-6-14(9-13)23-20(27)24-15-7-8-18(29-3)16(10-15)19-17(21)11-22-26(19)2/h4-12H,1-3H3,(H2,23,24,27). The average Bonchev–Trinajstić information content (AvgIpc) is 3.05. The zero-order valence-corrected chi connectivity index (χ0v) is 17.7. The number of carbonyl (C=O) groups excluding carboxylic acids is 1. The number of nitroso groups, excluding NO2 is 1. The predicted octanol–water partition coefficient (Wildman–Crippen LogP) is 5.33. The van der Waals surface area contributed by atoms with E-state index < -0.39 is 12.1 Å². The quantitative estimate of drug-likeness (QED) is 0.488. The van der Waals surface area contributed by atoms with Crippen LogP contribution in [0.5, 0.6) is 5.75 Å². The molecule has 3 aromatic rings. The predicted molar refractivity (Wildman–Crippen MR) is 116 cm³/mol. The Hall–Kier alpha value is -3.20. The smallest absolute Gasteiger partial charge is 0.323 e. The topological polar surface area (TPSA) is 97.6 Å². The van der Waals surface area contributed by atoms with Crippen LogP contribution in [0.15, 0.2) is 58.3 Å². The summed E-state index contributed by atoms with van der Waals surface area (Å²) in [5.41, 5.74) is 3.49. The van der Waals surface area contributed by atoms with Crippen molar-refractivity contribution < 1.29 is 9.53 Å². The van der Waals surface area contributed by atoms with Gasteiger partial charge in [0.15, 0.2) is 0 Å². The van der Waals surface area contributed by atoms with Crippen LogP contribution in [0.4, 0.5) is 16.2 Å². The molecule has 1 atom stereocenters. The van der Waals surface area contributed by atoms with E-state index in [9.17, 15) is 9.70 Å². The van der Waals surface area contributed by atoms with E-state index in [4.69, 9.17) is 4.74 Å². The largest absolute Gasteiger partial charge is 0.496 e. The molecule has 0 saturated heterocycles. The molecule has 0 saturated carbocycles. The Morgan fingerprint density at radius 3 is 2.55 bits per heavy atom. The third kappa shape index (κ3) is 4.62. The van der Waals surface area contributed by atoms with Crippen molar-refractivity contribution in [3.8, 4) is 17.0 Å². The first-order valence-corrected chi connectivity index (χ1v) is 9.58. The first-order chi connectivity index (χ1) is 13.9. The molecular weight excluding hydrogens is 438 g/mol. The molecule has 9 heteroatoms. The maximum atomic E-state index is 12.5. The van der Waals surface area contributed by atoms with E-state index in [2.05, 4.69) is 36.8 Å². The number of urea groups is 1. The number of nitrogens with one attached hydrogen (secondary N) is 2. The molecule has 1 heterocycles. The molecule has 150 valence electrons. The fraction of sp³-hybridized carbons (Fsp3) is 0.200. The normalized spacial score (nSPS) is 11.6. The minimum Gasteiger partial charge on any atom is -0.496 e. The minimum atomic E-state index is -0.485. The number of aromatic nitrogens is 2. The number of hydrogen-bond donors (Lipinski definition) is 2. The summed E-state index contributed by atoms with van der Waals surface area (Å²) in [4.78, 5) is 23.2. The fourth-order valence-corrected chi connectivity index (χ4v) is 3.48. The van der Waals surface area contributed by atoms with E-state index in [0.29, 0.717) is 17.1 Å². The number of aryl methyl sites for hydroxylation is 1. The summed E-state index contributed by atoms with van der Waals surface area (Å²) in [7, 11) is 3.42.